The standard InChI is InChI=1S/C13H14FN3O4/c1-13(2)12(19)15-5-6-16(13)11(18)8-3-4-9(14)10(7-8)17(20)21/h3-4,7H,5-6H2,1-2H3,(H,15,19). The van der Waals surface area contributed by atoms with Crippen molar-refractivity contribution in [2.45, 2.75) is 19.4 Å². The Morgan fingerprint density at radius 2 is 2.14 bits per heavy atom. The van der Waals surface area contributed by atoms with Crippen molar-refractivity contribution >= 4 is 17.5 Å². The molecule has 8 heteroatoms. The Morgan fingerprint density at radius 1 is 1.48 bits per heavy atom. The Labute approximate surface area is 119 Å². The molecule has 1 N–H and O–H groups in total. The summed E-state index contributed by atoms with van der Waals surface area (Å²) in [5.41, 5.74) is -1.86. The highest BCUT2D eigenvalue weighted by Gasteiger charge is 2.41. The molecule has 0 spiro atoms. The minimum Gasteiger partial charge on any atom is -0.352 e. The number of hydrogen-bond acceptors (Lipinski definition) is 4. The third kappa shape index (κ3) is 2.56. The molecule has 0 unspecified atom stereocenters. The van der Waals surface area contributed by atoms with Crippen molar-refractivity contribution in [3.63, 3.8) is 0 Å². The molecule has 0 bridgehead atoms. The van der Waals surface area contributed by atoms with E-state index in [1.54, 1.807) is 13.8 Å². The molecular weight excluding hydrogens is 281 g/mol. The Bertz CT molecular complexity index is 630. The Hall–Kier alpha value is -2.51. The quantitative estimate of drug-likeness (QED) is 0.653. The first-order chi connectivity index (χ1) is 9.75. The number of nitrogens with one attached hydrogen (secondary N) is 1. The second kappa shape index (κ2) is 5.12. The zero-order valence-electron chi connectivity index (χ0n) is 11.6. The van der Waals surface area contributed by atoms with Crippen molar-refractivity contribution in [1.29, 1.82) is 0 Å². The third-order valence-electron chi connectivity index (χ3n) is 3.49. The van der Waals surface area contributed by atoms with Gasteiger partial charge in [0.2, 0.25) is 11.7 Å². The minimum atomic E-state index is -1.07. The van der Waals surface area contributed by atoms with Gasteiger partial charge in [-0.05, 0) is 26.0 Å². The summed E-state index contributed by atoms with van der Waals surface area (Å²) in [6, 6.07) is 2.94. The Kier molecular flexibility index (Phi) is 3.63. The molecule has 1 aromatic carbocycles. The first-order valence-corrected chi connectivity index (χ1v) is 6.29. The zero-order valence-corrected chi connectivity index (χ0v) is 11.6. The smallest absolute Gasteiger partial charge is 0.305 e. The van der Waals surface area contributed by atoms with Crippen LogP contribution in [0.25, 0.3) is 0 Å². The number of hydrogen-bond donors (Lipinski definition) is 1. The molecule has 1 aliphatic heterocycles. The lowest BCUT2D eigenvalue weighted by Crippen LogP contribution is -2.63. The number of amides is 2. The molecule has 1 saturated heterocycles. The number of benzene rings is 1. The van der Waals surface area contributed by atoms with Crippen LogP contribution in [-0.2, 0) is 4.79 Å². The third-order valence-corrected chi connectivity index (χ3v) is 3.49. The van der Waals surface area contributed by atoms with E-state index in [1.807, 2.05) is 0 Å². The highest BCUT2D eigenvalue weighted by molar-refractivity contribution is 6.00. The predicted octanol–water partition coefficient (Wildman–Crippen LogP) is 1.08. The number of piperazine rings is 1. The molecule has 2 amide bonds. The van der Waals surface area contributed by atoms with Gasteiger partial charge in [0.05, 0.1) is 4.92 Å². The number of halogens is 1. The lowest BCUT2D eigenvalue weighted by molar-refractivity contribution is -0.387. The van der Waals surface area contributed by atoms with Gasteiger partial charge in [0.25, 0.3) is 5.91 Å². The summed E-state index contributed by atoms with van der Waals surface area (Å²) in [5, 5.41) is 13.4. The first-order valence-electron chi connectivity index (χ1n) is 6.29. The second-order valence-corrected chi connectivity index (χ2v) is 5.20. The fraction of sp³-hybridized carbons (Fsp3) is 0.385. The molecule has 1 aliphatic rings. The highest BCUT2D eigenvalue weighted by Crippen LogP contribution is 2.24. The lowest BCUT2D eigenvalue weighted by Gasteiger charge is -2.41. The topological polar surface area (TPSA) is 92.6 Å². The molecule has 1 fully saturated rings. The van der Waals surface area contributed by atoms with E-state index >= 15 is 0 Å². The van der Waals surface area contributed by atoms with Gasteiger partial charge < -0.3 is 10.2 Å². The van der Waals surface area contributed by atoms with E-state index in [0.29, 0.717) is 6.54 Å². The maximum absolute atomic E-state index is 13.3. The van der Waals surface area contributed by atoms with Crippen LogP contribution in [0.2, 0.25) is 0 Å². The maximum atomic E-state index is 13.3. The molecule has 1 aromatic rings. The van der Waals surface area contributed by atoms with Crippen LogP contribution in [0.4, 0.5) is 10.1 Å². The van der Waals surface area contributed by atoms with Crippen LogP contribution in [-0.4, -0.2) is 40.3 Å². The van der Waals surface area contributed by atoms with Gasteiger partial charge >= 0.3 is 5.69 Å². The van der Waals surface area contributed by atoms with Gasteiger partial charge in [0, 0.05) is 24.7 Å². The molecule has 7 nitrogen and oxygen atoms in total. The second-order valence-electron chi connectivity index (χ2n) is 5.20. The SMILES string of the molecule is CC1(C)C(=O)NCCN1C(=O)c1ccc(F)c([N+](=O)[O-])c1. The van der Waals surface area contributed by atoms with Crippen molar-refractivity contribution in [3.05, 3.63) is 39.7 Å². The Morgan fingerprint density at radius 3 is 2.76 bits per heavy atom. The van der Waals surface area contributed by atoms with E-state index in [2.05, 4.69) is 5.32 Å². The van der Waals surface area contributed by atoms with Crippen LogP contribution < -0.4 is 5.32 Å². The maximum Gasteiger partial charge on any atom is 0.305 e. The lowest BCUT2D eigenvalue weighted by atomic mass is 9.97. The van der Waals surface area contributed by atoms with Crippen LogP contribution in [0, 0.1) is 15.9 Å². The van der Waals surface area contributed by atoms with Crippen molar-refractivity contribution in [2.24, 2.45) is 0 Å². The molecule has 0 aromatic heterocycles. The molecule has 0 saturated carbocycles. The molecule has 0 aliphatic carbocycles. The summed E-state index contributed by atoms with van der Waals surface area (Å²) >= 11 is 0. The van der Waals surface area contributed by atoms with Crippen molar-refractivity contribution < 1.29 is 18.9 Å². The number of nitro groups is 1. The molecule has 0 radical (unpaired) electrons. The average molecular weight is 295 g/mol. The molecule has 0 atom stereocenters. The van der Waals surface area contributed by atoms with Crippen LogP contribution in [0.3, 0.4) is 0 Å². The first kappa shape index (κ1) is 14.9. The minimum absolute atomic E-state index is 0.0223. The molecule has 1 heterocycles. The summed E-state index contributed by atoms with van der Waals surface area (Å²) < 4.78 is 13.3. The number of rotatable bonds is 2. The molecule has 112 valence electrons. The van der Waals surface area contributed by atoms with E-state index in [0.717, 1.165) is 12.1 Å². The fourth-order valence-electron chi connectivity index (χ4n) is 2.20. The normalized spacial score (nSPS) is 17.3. The van der Waals surface area contributed by atoms with E-state index < -0.39 is 27.9 Å². The summed E-state index contributed by atoms with van der Waals surface area (Å²) in [6.45, 7) is 3.74. The van der Waals surface area contributed by atoms with Gasteiger partial charge in [-0.1, -0.05) is 0 Å². The van der Waals surface area contributed by atoms with Gasteiger partial charge in [0.15, 0.2) is 0 Å². The summed E-state index contributed by atoms with van der Waals surface area (Å²) in [7, 11) is 0. The fourth-order valence-corrected chi connectivity index (χ4v) is 2.20. The zero-order chi connectivity index (χ0) is 15.8. The van der Waals surface area contributed by atoms with Gasteiger partial charge in [-0.25, -0.2) is 0 Å². The van der Waals surface area contributed by atoms with Crippen LogP contribution in [0.1, 0.15) is 24.2 Å². The van der Waals surface area contributed by atoms with E-state index in [1.165, 1.54) is 11.0 Å². The molecule has 2 rings (SSSR count). The van der Waals surface area contributed by atoms with Crippen LogP contribution >= 0.6 is 0 Å². The summed E-state index contributed by atoms with van der Waals surface area (Å²) in [6.07, 6.45) is 0. The van der Waals surface area contributed by atoms with Crippen molar-refractivity contribution in [3.8, 4) is 0 Å². The number of nitrogens with zero attached hydrogens (tertiary/aromatic N) is 2. The van der Waals surface area contributed by atoms with Crippen LogP contribution in [0.5, 0.6) is 0 Å². The van der Waals surface area contributed by atoms with Crippen molar-refractivity contribution in [1.82, 2.24) is 10.2 Å². The van der Waals surface area contributed by atoms with E-state index in [4.69, 9.17) is 0 Å². The largest absolute Gasteiger partial charge is 0.352 e. The summed E-state index contributed by atoms with van der Waals surface area (Å²) in [5.74, 6) is -1.86. The Balaban J connectivity index is 2.38. The van der Waals surface area contributed by atoms with Crippen molar-refractivity contribution in [2.75, 3.05) is 13.1 Å². The van der Waals surface area contributed by atoms with Gasteiger partial charge in [-0.3, -0.25) is 19.7 Å². The number of carbonyl (C=O) groups excluding carboxylic acids is 2. The predicted molar refractivity (Wildman–Crippen MR) is 71.2 cm³/mol. The van der Waals surface area contributed by atoms with E-state index in [9.17, 15) is 24.1 Å². The van der Waals surface area contributed by atoms with Crippen LogP contribution in [0.15, 0.2) is 18.2 Å². The van der Waals surface area contributed by atoms with Gasteiger partial charge in [-0.15, -0.1) is 0 Å². The number of nitro benzene ring substituents is 1. The highest BCUT2D eigenvalue weighted by atomic mass is 19.1. The average Bonchev–Trinajstić information content (AvgIpc) is 2.41. The monoisotopic (exact) mass is 295 g/mol. The number of carbonyl (C=O) groups is 2. The van der Waals surface area contributed by atoms with Gasteiger partial charge in [0.1, 0.15) is 5.54 Å². The van der Waals surface area contributed by atoms with Gasteiger partial charge in [-0.2, -0.15) is 4.39 Å². The molecule has 21 heavy (non-hydrogen) atoms. The van der Waals surface area contributed by atoms with E-state index in [-0.39, 0.29) is 18.0 Å². The summed E-state index contributed by atoms with van der Waals surface area (Å²) in [4.78, 5) is 35.4. The molecular formula is C13H14FN3O4.